The van der Waals surface area contributed by atoms with Crippen LogP contribution in [0.25, 0.3) is 0 Å². The minimum atomic E-state index is 0.799. The van der Waals surface area contributed by atoms with E-state index in [1.54, 1.807) is 12.8 Å². The normalized spacial score (nSPS) is 31.9. The van der Waals surface area contributed by atoms with Crippen molar-refractivity contribution in [2.45, 2.75) is 109 Å². The smallest absolute Gasteiger partial charge is 0.00640 e. The van der Waals surface area contributed by atoms with Crippen LogP contribution < -0.4 is 5.32 Å². The number of hydrogen-bond donors (Lipinski definition) is 1. The summed E-state index contributed by atoms with van der Waals surface area (Å²) >= 11 is 0. The standard InChI is InChI=1S/C20H39N/c1-21-20-16-10-9-14-19(15-11-17-20)18-12-7-5-3-2-4-6-8-13-18/h18-21H,2-17H2,1H3. The molecule has 2 unspecified atom stereocenters. The quantitative estimate of drug-likeness (QED) is 0.651. The highest BCUT2D eigenvalue weighted by molar-refractivity contribution is 4.76. The van der Waals surface area contributed by atoms with Crippen LogP contribution in [0.5, 0.6) is 0 Å². The zero-order valence-corrected chi connectivity index (χ0v) is 14.5. The monoisotopic (exact) mass is 293 g/mol. The highest BCUT2D eigenvalue weighted by Crippen LogP contribution is 2.34. The summed E-state index contributed by atoms with van der Waals surface area (Å²) < 4.78 is 0. The minimum absolute atomic E-state index is 0.799. The first kappa shape index (κ1) is 17.3. The zero-order valence-electron chi connectivity index (χ0n) is 14.5. The van der Waals surface area contributed by atoms with Gasteiger partial charge in [0.15, 0.2) is 0 Å². The van der Waals surface area contributed by atoms with Gasteiger partial charge in [0.2, 0.25) is 0 Å². The minimum Gasteiger partial charge on any atom is -0.317 e. The van der Waals surface area contributed by atoms with E-state index in [2.05, 4.69) is 12.4 Å². The van der Waals surface area contributed by atoms with Crippen molar-refractivity contribution >= 4 is 0 Å². The molecule has 0 aromatic carbocycles. The second-order valence-corrected chi connectivity index (χ2v) is 7.77. The van der Waals surface area contributed by atoms with E-state index in [0.29, 0.717) is 0 Å². The van der Waals surface area contributed by atoms with Crippen LogP contribution in [-0.4, -0.2) is 13.1 Å². The van der Waals surface area contributed by atoms with Gasteiger partial charge >= 0.3 is 0 Å². The number of nitrogens with one attached hydrogen (secondary N) is 1. The first-order chi connectivity index (χ1) is 10.4. The van der Waals surface area contributed by atoms with Crippen LogP contribution >= 0.6 is 0 Å². The van der Waals surface area contributed by atoms with E-state index < -0.39 is 0 Å². The van der Waals surface area contributed by atoms with Crippen molar-refractivity contribution in [1.29, 1.82) is 0 Å². The lowest BCUT2D eigenvalue weighted by molar-refractivity contribution is 0.238. The van der Waals surface area contributed by atoms with Crippen molar-refractivity contribution in [2.75, 3.05) is 7.05 Å². The molecular formula is C20H39N. The largest absolute Gasteiger partial charge is 0.317 e. The molecule has 0 aromatic rings. The van der Waals surface area contributed by atoms with E-state index in [9.17, 15) is 0 Å². The van der Waals surface area contributed by atoms with Crippen LogP contribution in [0.3, 0.4) is 0 Å². The summed E-state index contributed by atoms with van der Waals surface area (Å²) in [5, 5.41) is 3.53. The fourth-order valence-electron chi connectivity index (χ4n) is 4.79. The van der Waals surface area contributed by atoms with E-state index >= 15 is 0 Å². The molecule has 0 amide bonds. The van der Waals surface area contributed by atoms with E-state index in [0.717, 1.165) is 17.9 Å². The Morgan fingerprint density at radius 3 is 1.43 bits per heavy atom. The van der Waals surface area contributed by atoms with Gasteiger partial charge in [-0.1, -0.05) is 89.9 Å². The maximum atomic E-state index is 3.53. The maximum absolute atomic E-state index is 3.53. The fourth-order valence-corrected chi connectivity index (χ4v) is 4.79. The molecule has 0 aliphatic heterocycles. The molecule has 0 aromatic heterocycles. The van der Waals surface area contributed by atoms with E-state index in [4.69, 9.17) is 0 Å². The van der Waals surface area contributed by atoms with Crippen molar-refractivity contribution < 1.29 is 0 Å². The van der Waals surface area contributed by atoms with Gasteiger partial charge in [0.1, 0.15) is 0 Å². The fraction of sp³-hybridized carbons (Fsp3) is 1.00. The van der Waals surface area contributed by atoms with Crippen molar-refractivity contribution in [3.8, 4) is 0 Å². The zero-order chi connectivity index (χ0) is 14.8. The first-order valence-corrected chi connectivity index (χ1v) is 10.1. The Bertz CT molecular complexity index is 240. The third-order valence-corrected chi connectivity index (χ3v) is 6.23. The van der Waals surface area contributed by atoms with Gasteiger partial charge < -0.3 is 5.32 Å². The second-order valence-electron chi connectivity index (χ2n) is 7.77. The molecule has 1 heteroatoms. The van der Waals surface area contributed by atoms with Crippen molar-refractivity contribution in [2.24, 2.45) is 11.8 Å². The lowest BCUT2D eigenvalue weighted by Crippen LogP contribution is -2.24. The molecule has 0 spiro atoms. The van der Waals surface area contributed by atoms with Gasteiger partial charge in [-0.05, 0) is 31.7 Å². The molecule has 124 valence electrons. The summed E-state index contributed by atoms with van der Waals surface area (Å²) in [6, 6.07) is 0.799. The predicted molar refractivity (Wildman–Crippen MR) is 93.7 cm³/mol. The Morgan fingerprint density at radius 2 is 0.857 bits per heavy atom. The Balaban J connectivity index is 1.83. The summed E-state index contributed by atoms with van der Waals surface area (Å²) in [6.07, 6.45) is 23.9. The second kappa shape index (κ2) is 10.6. The molecule has 2 rings (SSSR count). The van der Waals surface area contributed by atoms with Gasteiger partial charge in [-0.3, -0.25) is 0 Å². The van der Waals surface area contributed by atoms with Crippen LogP contribution in [-0.2, 0) is 0 Å². The molecule has 1 nitrogen and oxygen atoms in total. The SMILES string of the molecule is CNC1CCCCC(C2CCCCCCCCC2)CCC1. The Kier molecular flexibility index (Phi) is 8.78. The summed E-state index contributed by atoms with van der Waals surface area (Å²) in [6.45, 7) is 0. The predicted octanol–water partition coefficient (Wildman–Crippen LogP) is 6.08. The topological polar surface area (TPSA) is 12.0 Å². The molecule has 1 N–H and O–H groups in total. The molecule has 0 saturated heterocycles. The molecule has 0 radical (unpaired) electrons. The average Bonchev–Trinajstić information content (AvgIpc) is 2.64. The van der Waals surface area contributed by atoms with Crippen molar-refractivity contribution in [3.63, 3.8) is 0 Å². The highest BCUT2D eigenvalue weighted by atomic mass is 14.9. The van der Waals surface area contributed by atoms with Crippen LogP contribution in [0.15, 0.2) is 0 Å². The third kappa shape index (κ3) is 6.72. The molecular weight excluding hydrogens is 254 g/mol. The van der Waals surface area contributed by atoms with Crippen molar-refractivity contribution in [3.05, 3.63) is 0 Å². The van der Waals surface area contributed by atoms with Gasteiger partial charge in [-0.25, -0.2) is 0 Å². The van der Waals surface area contributed by atoms with Gasteiger partial charge in [-0.2, -0.15) is 0 Å². The third-order valence-electron chi connectivity index (χ3n) is 6.23. The molecule has 2 saturated carbocycles. The maximum Gasteiger partial charge on any atom is 0.00640 e. The molecule has 2 atom stereocenters. The number of rotatable bonds is 2. The van der Waals surface area contributed by atoms with Gasteiger partial charge in [0.05, 0.1) is 0 Å². The van der Waals surface area contributed by atoms with Crippen LogP contribution in [0, 0.1) is 11.8 Å². The van der Waals surface area contributed by atoms with Gasteiger partial charge in [-0.15, -0.1) is 0 Å². The molecule has 2 fully saturated rings. The first-order valence-electron chi connectivity index (χ1n) is 10.1. The van der Waals surface area contributed by atoms with Crippen LogP contribution in [0.2, 0.25) is 0 Å². The summed E-state index contributed by atoms with van der Waals surface area (Å²) in [5.41, 5.74) is 0. The van der Waals surface area contributed by atoms with Crippen molar-refractivity contribution in [1.82, 2.24) is 5.32 Å². The lowest BCUT2D eigenvalue weighted by Gasteiger charge is -2.28. The molecule has 2 aliphatic rings. The summed E-state index contributed by atoms with van der Waals surface area (Å²) in [5.74, 6) is 2.12. The highest BCUT2D eigenvalue weighted by Gasteiger charge is 2.22. The number of hydrogen-bond acceptors (Lipinski definition) is 1. The summed E-state index contributed by atoms with van der Waals surface area (Å²) in [4.78, 5) is 0. The van der Waals surface area contributed by atoms with Crippen LogP contribution in [0.4, 0.5) is 0 Å². The molecule has 0 bridgehead atoms. The Hall–Kier alpha value is -0.0400. The molecule has 2 aliphatic carbocycles. The summed E-state index contributed by atoms with van der Waals surface area (Å²) in [7, 11) is 2.15. The van der Waals surface area contributed by atoms with E-state index in [1.165, 1.54) is 89.9 Å². The Morgan fingerprint density at radius 1 is 0.476 bits per heavy atom. The van der Waals surface area contributed by atoms with Crippen LogP contribution in [0.1, 0.15) is 103 Å². The average molecular weight is 294 g/mol. The van der Waals surface area contributed by atoms with Gasteiger partial charge in [0.25, 0.3) is 0 Å². The Labute approximate surface area is 133 Å². The molecule has 0 heterocycles. The van der Waals surface area contributed by atoms with E-state index in [-0.39, 0.29) is 0 Å². The van der Waals surface area contributed by atoms with E-state index in [1.807, 2.05) is 0 Å². The van der Waals surface area contributed by atoms with Gasteiger partial charge in [0, 0.05) is 6.04 Å². The lowest BCUT2D eigenvalue weighted by atomic mass is 9.78. The molecule has 21 heavy (non-hydrogen) atoms.